The number of halogens is 2. The van der Waals surface area contributed by atoms with E-state index in [-0.39, 0.29) is 16.3 Å². The molecule has 2 aromatic rings. The van der Waals surface area contributed by atoms with Crippen LogP contribution in [0.4, 0.5) is 0 Å². The molecule has 0 aliphatic heterocycles. The molecule has 5 heteroatoms. The summed E-state index contributed by atoms with van der Waals surface area (Å²) in [6.07, 6.45) is 0. The van der Waals surface area contributed by atoms with E-state index in [1.54, 1.807) is 24.3 Å². The van der Waals surface area contributed by atoms with Gasteiger partial charge in [-0.05, 0) is 30.3 Å². The second-order valence-corrected chi connectivity index (χ2v) is 4.50. The average molecular weight is 292 g/mol. The first kappa shape index (κ1) is 13.4. The quantitative estimate of drug-likeness (QED) is 0.619. The average Bonchev–Trinajstić information content (AvgIpc) is 2.43. The van der Waals surface area contributed by atoms with Gasteiger partial charge >= 0.3 is 5.97 Å². The largest absolute Gasteiger partial charge is 0.421 e. The van der Waals surface area contributed by atoms with Crippen LogP contribution in [-0.2, 0) is 0 Å². The second-order valence-electron chi connectivity index (χ2n) is 3.66. The number of carbonyl (C=O) groups is 1. The van der Waals surface area contributed by atoms with Crippen LogP contribution in [0.1, 0.15) is 15.9 Å². The molecule has 0 aliphatic rings. The number of nitrogens with zero attached hydrogens (tertiary/aromatic N) is 1. The van der Waals surface area contributed by atoms with Crippen molar-refractivity contribution in [1.29, 1.82) is 5.26 Å². The van der Waals surface area contributed by atoms with E-state index < -0.39 is 5.97 Å². The fraction of sp³-hybridized carbons (Fsp3) is 0. The predicted molar refractivity (Wildman–Crippen MR) is 72.6 cm³/mol. The molecule has 0 heterocycles. The van der Waals surface area contributed by atoms with Crippen molar-refractivity contribution in [2.75, 3.05) is 0 Å². The monoisotopic (exact) mass is 291 g/mol. The highest BCUT2D eigenvalue weighted by molar-refractivity contribution is 6.34. The highest BCUT2D eigenvalue weighted by atomic mass is 35.5. The van der Waals surface area contributed by atoms with Gasteiger partial charge in [-0.3, -0.25) is 0 Å². The number of carbonyl (C=O) groups excluding carboxylic acids is 1. The lowest BCUT2D eigenvalue weighted by atomic mass is 10.1. The summed E-state index contributed by atoms with van der Waals surface area (Å²) < 4.78 is 5.15. The zero-order valence-electron chi connectivity index (χ0n) is 9.56. The Kier molecular flexibility index (Phi) is 4.06. The van der Waals surface area contributed by atoms with E-state index >= 15 is 0 Å². The van der Waals surface area contributed by atoms with Gasteiger partial charge < -0.3 is 4.74 Å². The number of benzene rings is 2. The van der Waals surface area contributed by atoms with Crippen molar-refractivity contribution in [3.05, 3.63) is 63.6 Å². The molecular formula is C14H7Cl2NO2. The van der Waals surface area contributed by atoms with Crippen molar-refractivity contribution < 1.29 is 9.53 Å². The van der Waals surface area contributed by atoms with E-state index in [0.29, 0.717) is 10.6 Å². The molecule has 0 aromatic heterocycles. The molecule has 0 fully saturated rings. The van der Waals surface area contributed by atoms with E-state index in [0.717, 1.165) is 0 Å². The maximum Gasteiger partial charge on any atom is 0.343 e. The van der Waals surface area contributed by atoms with Crippen LogP contribution in [0.5, 0.6) is 5.75 Å². The maximum absolute atomic E-state index is 11.9. The Labute approximate surface area is 119 Å². The normalized spacial score (nSPS) is 9.74. The molecule has 0 N–H and O–H groups in total. The molecule has 0 atom stereocenters. The molecule has 0 amide bonds. The van der Waals surface area contributed by atoms with Crippen molar-refractivity contribution in [3.8, 4) is 11.8 Å². The molecule has 0 radical (unpaired) electrons. The molecule has 0 aliphatic carbocycles. The third-order valence-corrected chi connectivity index (χ3v) is 2.87. The van der Waals surface area contributed by atoms with Crippen LogP contribution in [0.3, 0.4) is 0 Å². The van der Waals surface area contributed by atoms with Crippen molar-refractivity contribution in [3.63, 3.8) is 0 Å². The Morgan fingerprint density at radius 2 is 1.95 bits per heavy atom. The lowest BCUT2D eigenvalue weighted by Gasteiger charge is -2.06. The Morgan fingerprint density at radius 1 is 1.16 bits per heavy atom. The third kappa shape index (κ3) is 3.25. The number of esters is 1. The Hall–Kier alpha value is -2.02. The van der Waals surface area contributed by atoms with Crippen molar-refractivity contribution in [1.82, 2.24) is 0 Å². The maximum atomic E-state index is 11.9. The first-order valence-electron chi connectivity index (χ1n) is 5.27. The Morgan fingerprint density at radius 3 is 2.68 bits per heavy atom. The summed E-state index contributed by atoms with van der Waals surface area (Å²) in [5.41, 5.74) is 0.654. The molecule has 0 bridgehead atoms. The first-order chi connectivity index (χ1) is 9.10. The van der Waals surface area contributed by atoms with Crippen molar-refractivity contribution in [2.45, 2.75) is 0 Å². The van der Waals surface area contributed by atoms with E-state index in [9.17, 15) is 4.79 Å². The minimum atomic E-state index is -0.596. The minimum absolute atomic E-state index is 0.182. The number of ether oxygens (including phenoxy) is 1. The first-order valence-corrected chi connectivity index (χ1v) is 6.03. The molecule has 0 unspecified atom stereocenters. The van der Waals surface area contributed by atoms with Gasteiger partial charge in [-0.1, -0.05) is 29.3 Å². The van der Waals surface area contributed by atoms with E-state index in [1.165, 1.54) is 18.2 Å². The van der Waals surface area contributed by atoms with Gasteiger partial charge in [-0.15, -0.1) is 0 Å². The van der Waals surface area contributed by atoms with Crippen LogP contribution in [0.25, 0.3) is 0 Å². The molecule has 0 saturated heterocycles. The molecule has 94 valence electrons. The van der Waals surface area contributed by atoms with E-state index in [2.05, 4.69) is 0 Å². The van der Waals surface area contributed by atoms with E-state index in [1.807, 2.05) is 6.07 Å². The number of rotatable bonds is 2. The van der Waals surface area contributed by atoms with Gasteiger partial charge in [0.25, 0.3) is 0 Å². The van der Waals surface area contributed by atoms with Gasteiger partial charge in [0.05, 0.1) is 22.2 Å². The van der Waals surface area contributed by atoms with Crippen LogP contribution in [-0.4, -0.2) is 5.97 Å². The number of nitriles is 1. The summed E-state index contributed by atoms with van der Waals surface area (Å²) >= 11 is 11.7. The third-order valence-electron chi connectivity index (χ3n) is 2.32. The highest BCUT2D eigenvalue weighted by Crippen LogP contribution is 2.28. The second kappa shape index (κ2) is 5.75. The van der Waals surface area contributed by atoms with Crippen LogP contribution >= 0.6 is 23.2 Å². The zero-order chi connectivity index (χ0) is 13.8. The van der Waals surface area contributed by atoms with Crippen LogP contribution in [0, 0.1) is 11.3 Å². The van der Waals surface area contributed by atoms with Gasteiger partial charge in [-0.2, -0.15) is 5.26 Å². The zero-order valence-corrected chi connectivity index (χ0v) is 11.1. The lowest BCUT2D eigenvalue weighted by Crippen LogP contribution is -2.08. The minimum Gasteiger partial charge on any atom is -0.421 e. The molecule has 3 nitrogen and oxygen atoms in total. The molecule has 0 saturated carbocycles. The SMILES string of the molecule is N#Cc1cccc(C(=O)Oc2cc(Cl)ccc2Cl)c1. The summed E-state index contributed by atoms with van der Waals surface area (Å²) in [4.78, 5) is 11.9. The molecular weight excluding hydrogens is 285 g/mol. The standard InChI is InChI=1S/C14H7Cl2NO2/c15-11-4-5-12(16)13(7-11)19-14(18)10-3-1-2-9(6-10)8-17/h1-7H. The lowest BCUT2D eigenvalue weighted by molar-refractivity contribution is 0.0735. The van der Waals surface area contributed by atoms with Gasteiger partial charge in [-0.25, -0.2) is 4.79 Å². The molecule has 0 spiro atoms. The van der Waals surface area contributed by atoms with Gasteiger partial charge in [0, 0.05) is 11.1 Å². The summed E-state index contributed by atoms with van der Waals surface area (Å²) in [6.45, 7) is 0. The Balaban J connectivity index is 2.26. The number of hydrogen-bond donors (Lipinski definition) is 0. The summed E-state index contributed by atoms with van der Waals surface area (Å²) in [5, 5.41) is 9.47. The summed E-state index contributed by atoms with van der Waals surface area (Å²) in [7, 11) is 0. The van der Waals surface area contributed by atoms with Gasteiger partial charge in [0.1, 0.15) is 0 Å². The van der Waals surface area contributed by atoms with E-state index in [4.69, 9.17) is 33.2 Å². The molecule has 19 heavy (non-hydrogen) atoms. The fourth-order valence-electron chi connectivity index (χ4n) is 1.43. The Bertz CT molecular complexity index is 677. The summed E-state index contributed by atoms with van der Waals surface area (Å²) in [5.74, 6) is -0.414. The summed E-state index contributed by atoms with van der Waals surface area (Å²) in [6, 6.07) is 12.7. The fourth-order valence-corrected chi connectivity index (χ4v) is 1.75. The van der Waals surface area contributed by atoms with Gasteiger partial charge in [0.2, 0.25) is 0 Å². The van der Waals surface area contributed by atoms with Crippen LogP contribution < -0.4 is 4.74 Å². The van der Waals surface area contributed by atoms with Gasteiger partial charge in [0.15, 0.2) is 5.75 Å². The van der Waals surface area contributed by atoms with Crippen LogP contribution in [0.15, 0.2) is 42.5 Å². The molecule has 2 rings (SSSR count). The number of hydrogen-bond acceptors (Lipinski definition) is 3. The van der Waals surface area contributed by atoms with Crippen molar-refractivity contribution in [2.24, 2.45) is 0 Å². The predicted octanol–water partition coefficient (Wildman–Crippen LogP) is 4.08. The smallest absolute Gasteiger partial charge is 0.343 e. The van der Waals surface area contributed by atoms with Crippen LogP contribution in [0.2, 0.25) is 10.0 Å². The molecule has 2 aromatic carbocycles. The van der Waals surface area contributed by atoms with Crippen molar-refractivity contribution >= 4 is 29.2 Å². The topological polar surface area (TPSA) is 50.1 Å². The highest BCUT2D eigenvalue weighted by Gasteiger charge is 2.12.